The van der Waals surface area contributed by atoms with Gasteiger partial charge in [0.2, 0.25) is 0 Å². The third-order valence-corrected chi connectivity index (χ3v) is 5.24. The Morgan fingerprint density at radius 1 is 1.38 bits per heavy atom. The van der Waals surface area contributed by atoms with Gasteiger partial charge in [0, 0.05) is 18.2 Å². The maximum Gasteiger partial charge on any atom is 0.101 e. The molecule has 3 nitrogen and oxygen atoms in total. The zero-order valence-corrected chi connectivity index (χ0v) is 13.5. The molecule has 1 aliphatic carbocycles. The highest BCUT2D eigenvalue weighted by Crippen LogP contribution is 2.45. The Bertz CT molecular complexity index is 448. The molecule has 2 unspecified atom stereocenters. The summed E-state index contributed by atoms with van der Waals surface area (Å²) < 4.78 is 11.8. The molecule has 1 aromatic rings. The first-order valence-electron chi connectivity index (χ1n) is 8.65. The Morgan fingerprint density at radius 3 is 2.86 bits per heavy atom. The molecule has 2 fully saturated rings. The number of rotatable bonds is 5. The predicted molar refractivity (Wildman–Crippen MR) is 84.4 cm³/mol. The van der Waals surface area contributed by atoms with Crippen molar-refractivity contribution in [2.45, 2.75) is 70.4 Å². The van der Waals surface area contributed by atoms with Gasteiger partial charge in [-0.2, -0.15) is 0 Å². The first-order chi connectivity index (χ1) is 10.2. The van der Waals surface area contributed by atoms with Crippen LogP contribution in [0.5, 0.6) is 0 Å². The van der Waals surface area contributed by atoms with Crippen LogP contribution < -0.4 is 5.32 Å². The minimum Gasteiger partial charge on any atom is -0.469 e. The second kappa shape index (κ2) is 6.53. The molecule has 1 aromatic heterocycles. The van der Waals surface area contributed by atoms with Crippen molar-refractivity contribution < 1.29 is 9.15 Å². The van der Waals surface area contributed by atoms with Crippen molar-refractivity contribution in [3.05, 3.63) is 23.7 Å². The fourth-order valence-electron chi connectivity index (χ4n) is 4.20. The maximum absolute atomic E-state index is 6.20. The van der Waals surface area contributed by atoms with Gasteiger partial charge in [0.15, 0.2) is 0 Å². The van der Waals surface area contributed by atoms with E-state index in [4.69, 9.17) is 9.15 Å². The van der Waals surface area contributed by atoms with E-state index >= 15 is 0 Å². The molecule has 21 heavy (non-hydrogen) atoms. The fourth-order valence-corrected chi connectivity index (χ4v) is 4.20. The lowest BCUT2D eigenvalue weighted by Gasteiger charge is -2.41. The first kappa shape index (κ1) is 15.1. The Morgan fingerprint density at radius 2 is 2.19 bits per heavy atom. The summed E-state index contributed by atoms with van der Waals surface area (Å²) in [4.78, 5) is 0. The van der Waals surface area contributed by atoms with Crippen LogP contribution in [0.1, 0.15) is 69.2 Å². The Hall–Kier alpha value is -0.800. The SMILES string of the molecule is CCCNC(c1coc(C)c1)C1CCOC2(CCCC2)C1. The van der Waals surface area contributed by atoms with Crippen LogP contribution in [-0.2, 0) is 4.74 Å². The number of furan rings is 1. The molecule has 0 aromatic carbocycles. The lowest BCUT2D eigenvalue weighted by atomic mass is 9.79. The van der Waals surface area contributed by atoms with E-state index in [2.05, 4.69) is 18.3 Å². The van der Waals surface area contributed by atoms with Gasteiger partial charge in [0.05, 0.1) is 11.9 Å². The molecular formula is C18H29NO2. The maximum atomic E-state index is 6.20. The van der Waals surface area contributed by atoms with Gasteiger partial charge in [-0.25, -0.2) is 0 Å². The van der Waals surface area contributed by atoms with Gasteiger partial charge in [-0.3, -0.25) is 0 Å². The number of hydrogen-bond donors (Lipinski definition) is 1. The van der Waals surface area contributed by atoms with Crippen molar-refractivity contribution in [2.75, 3.05) is 13.2 Å². The van der Waals surface area contributed by atoms with E-state index < -0.39 is 0 Å². The second-order valence-electron chi connectivity index (χ2n) is 6.91. The number of aryl methyl sites for hydroxylation is 1. The average Bonchev–Trinajstić information content (AvgIpc) is 3.10. The van der Waals surface area contributed by atoms with Crippen LogP contribution >= 0.6 is 0 Å². The molecule has 3 heteroatoms. The van der Waals surface area contributed by atoms with Crippen molar-refractivity contribution in [3.8, 4) is 0 Å². The van der Waals surface area contributed by atoms with Crippen LogP contribution in [0.4, 0.5) is 0 Å². The van der Waals surface area contributed by atoms with Crippen LogP contribution in [0.15, 0.2) is 16.7 Å². The normalized spacial score (nSPS) is 26.3. The number of nitrogens with one attached hydrogen (secondary N) is 1. The third-order valence-electron chi connectivity index (χ3n) is 5.24. The zero-order valence-electron chi connectivity index (χ0n) is 13.5. The number of ether oxygens (including phenoxy) is 1. The minimum atomic E-state index is 0.188. The molecule has 1 saturated carbocycles. The highest BCUT2D eigenvalue weighted by atomic mass is 16.5. The van der Waals surface area contributed by atoms with E-state index in [1.807, 2.05) is 13.2 Å². The summed E-state index contributed by atoms with van der Waals surface area (Å²) in [5.41, 5.74) is 1.51. The van der Waals surface area contributed by atoms with E-state index in [-0.39, 0.29) is 5.60 Å². The monoisotopic (exact) mass is 291 g/mol. The van der Waals surface area contributed by atoms with Gasteiger partial charge in [0.1, 0.15) is 5.76 Å². The summed E-state index contributed by atoms with van der Waals surface area (Å²) in [6.45, 7) is 6.25. The summed E-state index contributed by atoms with van der Waals surface area (Å²) in [5.74, 6) is 1.68. The summed E-state index contributed by atoms with van der Waals surface area (Å²) >= 11 is 0. The highest BCUT2D eigenvalue weighted by Gasteiger charge is 2.42. The molecule has 1 spiro atoms. The van der Waals surface area contributed by atoms with Gasteiger partial charge >= 0.3 is 0 Å². The summed E-state index contributed by atoms with van der Waals surface area (Å²) in [5, 5.41) is 3.76. The van der Waals surface area contributed by atoms with E-state index in [9.17, 15) is 0 Å². The molecule has 0 amide bonds. The zero-order chi connectivity index (χ0) is 14.7. The molecule has 0 radical (unpaired) electrons. The van der Waals surface area contributed by atoms with Gasteiger partial charge in [-0.05, 0) is 57.6 Å². The van der Waals surface area contributed by atoms with Crippen molar-refractivity contribution >= 4 is 0 Å². The van der Waals surface area contributed by atoms with Crippen molar-refractivity contribution in [1.82, 2.24) is 5.32 Å². The smallest absolute Gasteiger partial charge is 0.101 e. The molecule has 0 bridgehead atoms. The molecule has 2 heterocycles. The van der Waals surface area contributed by atoms with Crippen molar-refractivity contribution in [2.24, 2.45) is 5.92 Å². The topological polar surface area (TPSA) is 34.4 Å². The quantitative estimate of drug-likeness (QED) is 0.875. The summed E-state index contributed by atoms with van der Waals surface area (Å²) in [7, 11) is 0. The van der Waals surface area contributed by atoms with Gasteiger partial charge in [-0.1, -0.05) is 19.8 Å². The highest BCUT2D eigenvalue weighted by molar-refractivity contribution is 5.18. The molecule has 2 atom stereocenters. The van der Waals surface area contributed by atoms with Crippen LogP contribution in [0.25, 0.3) is 0 Å². The Balaban J connectivity index is 1.75. The van der Waals surface area contributed by atoms with Crippen molar-refractivity contribution in [1.29, 1.82) is 0 Å². The summed E-state index contributed by atoms with van der Waals surface area (Å²) in [6.07, 6.45) is 10.7. The molecule has 1 aliphatic heterocycles. The molecule has 2 aliphatic rings. The predicted octanol–water partition coefficient (Wildman–Crippen LogP) is 4.37. The average molecular weight is 291 g/mol. The van der Waals surface area contributed by atoms with E-state index in [1.165, 1.54) is 44.1 Å². The van der Waals surface area contributed by atoms with Gasteiger partial charge < -0.3 is 14.5 Å². The van der Waals surface area contributed by atoms with Gasteiger partial charge in [0.25, 0.3) is 0 Å². The van der Waals surface area contributed by atoms with Crippen LogP contribution in [0.2, 0.25) is 0 Å². The molecule has 3 rings (SSSR count). The Labute approximate surface area is 128 Å². The molecule has 1 N–H and O–H groups in total. The standard InChI is InChI=1S/C18H29NO2/c1-3-9-19-17(16-11-14(2)20-13-16)15-6-10-21-18(12-15)7-4-5-8-18/h11,13,15,17,19H,3-10,12H2,1-2H3. The number of hydrogen-bond acceptors (Lipinski definition) is 3. The summed E-state index contributed by atoms with van der Waals surface area (Å²) in [6, 6.07) is 2.62. The first-order valence-corrected chi connectivity index (χ1v) is 8.65. The largest absolute Gasteiger partial charge is 0.469 e. The van der Waals surface area contributed by atoms with E-state index in [0.29, 0.717) is 12.0 Å². The molecular weight excluding hydrogens is 262 g/mol. The van der Waals surface area contributed by atoms with E-state index in [1.54, 1.807) is 0 Å². The molecule has 118 valence electrons. The van der Waals surface area contributed by atoms with Crippen LogP contribution in [0.3, 0.4) is 0 Å². The van der Waals surface area contributed by atoms with Crippen molar-refractivity contribution in [3.63, 3.8) is 0 Å². The second-order valence-corrected chi connectivity index (χ2v) is 6.91. The minimum absolute atomic E-state index is 0.188. The fraction of sp³-hybridized carbons (Fsp3) is 0.778. The lowest BCUT2D eigenvalue weighted by Crippen LogP contribution is -2.42. The third kappa shape index (κ3) is 3.35. The molecule has 1 saturated heterocycles. The van der Waals surface area contributed by atoms with E-state index in [0.717, 1.165) is 25.3 Å². The lowest BCUT2D eigenvalue weighted by molar-refractivity contribution is -0.0982. The van der Waals surface area contributed by atoms with Gasteiger partial charge in [-0.15, -0.1) is 0 Å². The van der Waals surface area contributed by atoms with Crippen LogP contribution in [-0.4, -0.2) is 18.8 Å². The Kier molecular flexibility index (Phi) is 4.70. The van der Waals surface area contributed by atoms with Crippen LogP contribution in [0, 0.1) is 12.8 Å².